The molecule has 0 radical (unpaired) electrons. The number of hydrogen-bond acceptors (Lipinski definition) is 3. The third kappa shape index (κ3) is 1.73. The van der Waals surface area contributed by atoms with E-state index in [1.54, 1.807) is 12.4 Å². The van der Waals surface area contributed by atoms with Gasteiger partial charge in [0.15, 0.2) is 6.29 Å². The van der Waals surface area contributed by atoms with Crippen molar-refractivity contribution in [1.82, 2.24) is 9.97 Å². The number of benzene rings is 1. The van der Waals surface area contributed by atoms with Gasteiger partial charge in [0.1, 0.15) is 5.82 Å². The molecule has 0 spiro atoms. The lowest BCUT2D eigenvalue weighted by molar-refractivity contribution is 0.112. The predicted molar refractivity (Wildman–Crippen MR) is 64.0 cm³/mol. The van der Waals surface area contributed by atoms with Gasteiger partial charge in [-0.25, -0.2) is 9.97 Å². The van der Waals surface area contributed by atoms with Gasteiger partial charge in [-0.3, -0.25) is 4.79 Å². The Balaban J connectivity index is 1.98. The minimum absolute atomic E-state index is 0.284. The third-order valence-electron chi connectivity index (χ3n) is 3.27. The molecular formula is C14H12N2O. The molecule has 0 saturated carbocycles. The van der Waals surface area contributed by atoms with E-state index >= 15 is 0 Å². The van der Waals surface area contributed by atoms with E-state index in [4.69, 9.17) is 0 Å². The fourth-order valence-electron chi connectivity index (χ4n) is 2.41. The summed E-state index contributed by atoms with van der Waals surface area (Å²) in [6, 6.07) is 8.42. The summed E-state index contributed by atoms with van der Waals surface area (Å²) in [5.74, 6) is 1.10. The topological polar surface area (TPSA) is 42.9 Å². The molecule has 3 heteroatoms. The molecular weight excluding hydrogens is 212 g/mol. The van der Waals surface area contributed by atoms with Crippen molar-refractivity contribution < 1.29 is 4.79 Å². The third-order valence-corrected chi connectivity index (χ3v) is 3.27. The maximum atomic E-state index is 10.6. The Morgan fingerprint density at radius 3 is 2.71 bits per heavy atom. The van der Waals surface area contributed by atoms with E-state index in [9.17, 15) is 4.79 Å². The highest BCUT2D eigenvalue weighted by Gasteiger charge is 2.25. The van der Waals surface area contributed by atoms with Crippen molar-refractivity contribution in [3.05, 3.63) is 59.2 Å². The maximum Gasteiger partial charge on any atom is 0.153 e. The Labute approximate surface area is 99.5 Å². The second-order valence-corrected chi connectivity index (χ2v) is 4.28. The van der Waals surface area contributed by atoms with Crippen LogP contribution in [0.1, 0.15) is 39.6 Å². The van der Waals surface area contributed by atoms with Gasteiger partial charge in [-0.1, -0.05) is 24.3 Å². The molecule has 1 atom stereocenters. The van der Waals surface area contributed by atoms with Gasteiger partial charge < -0.3 is 0 Å². The van der Waals surface area contributed by atoms with Crippen molar-refractivity contribution in [2.24, 2.45) is 0 Å². The van der Waals surface area contributed by atoms with Crippen LogP contribution < -0.4 is 0 Å². The molecule has 0 saturated heterocycles. The van der Waals surface area contributed by atoms with Crippen LogP contribution in [0.3, 0.4) is 0 Å². The van der Waals surface area contributed by atoms with E-state index in [0.717, 1.165) is 25.0 Å². The van der Waals surface area contributed by atoms with Crippen LogP contribution in [0.25, 0.3) is 0 Å². The Bertz CT molecular complexity index is 548. The zero-order valence-corrected chi connectivity index (χ0v) is 9.34. The summed E-state index contributed by atoms with van der Waals surface area (Å²) in [5, 5.41) is 0. The quantitative estimate of drug-likeness (QED) is 0.735. The monoisotopic (exact) mass is 224 g/mol. The van der Waals surface area contributed by atoms with Crippen LogP contribution in [0, 0.1) is 0 Å². The predicted octanol–water partition coefficient (Wildman–Crippen LogP) is 2.37. The number of carbonyl (C=O) groups excluding carboxylic acids is 1. The molecule has 1 aliphatic rings. The van der Waals surface area contributed by atoms with Crippen LogP contribution >= 0.6 is 0 Å². The fourth-order valence-corrected chi connectivity index (χ4v) is 2.41. The zero-order valence-electron chi connectivity index (χ0n) is 9.34. The van der Waals surface area contributed by atoms with Gasteiger partial charge in [0.05, 0.1) is 5.56 Å². The first kappa shape index (κ1) is 10.1. The molecule has 2 aromatic rings. The van der Waals surface area contributed by atoms with E-state index in [1.807, 2.05) is 0 Å². The molecule has 84 valence electrons. The Kier molecular flexibility index (Phi) is 2.44. The van der Waals surface area contributed by atoms with Crippen molar-refractivity contribution in [3.63, 3.8) is 0 Å². The lowest BCUT2D eigenvalue weighted by Crippen LogP contribution is -2.03. The number of hydrogen-bond donors (Lipinski definition) is 0. The van der Waals surface area contributed by atoms with Crippen LogP contribution in [-0.4, -0.2) is 16.3 Å². The molecule has 1 aromatic heterocycles. The standard InChI is InChI=1S/C14H12N2O/c17-9-10-7-15-14(16-8-10)13-6-5-11-3-1-2-4-12(11)13/h1-4,7-9,13H,5-6H2. The molecule has 17 heavy (non-hydrogen) atoms. The fraction of sp³-hybridized carbons (Fsp3) is 0.214. The lowest BCUT2D eigenvalue weighted by Gasteiger charge is -2.09. The summed E-state index contributed by atoms with van der Waals surface area (Å²) in [6.07, 6.45) is 6.10. The van der Waals surface area contributed by atoms with Gasteiger partial charge in [-0.05, 0) is 24.0 Å². The molecule has 1 unspecified atom stereocenters. The number of aromatic nitrogens is 2. The Morgan fingerprint density at radius 1 is 1.18 bits per heavy atom. The lowest BCUT2D eigenvalue weighted by atomic mass is 10.0. The molecule has 3 rings (SSSR count). The van der Waals surface area contributed by atoms with E-state index in [2.05, 4.69) is 34.2 Å². The molecule has 1 aromatic carbocycles. The highest BCUT2D eigenvalue weighted by Crippen LogP contribution is 2.35. The van der Waals surface area contributed by atoms with Crippen LogP contribution in [0.2, 0.25) is 0 Å². The van der Waals surface area contributed by atoms with Gasteiger partial charge in [0, 0.05) is 18.3 Å². The van der Waals surface area contributed by atoms with Gasteiger partial charge in [-0.15, -0.1) is 0 Å². The van der Waals surface area contributed by atoms with Crippen molar-refractivity contribution in [2.45, 2.75) is 18.8 Å². The molecule has 0 aliphatic heterocycles. The number of fused-ring (bicyclic) bond motifs is 1. The summed E-state index contributed by atoms with van der Waals surface area (Å²) in [6.45, 7) is 0. The maximum absolute atomic E-state index is 10.6. The molecule has 0 N–H and O–H groups in total. The number of nitrogens with zero attached hydrogens (tertiary/aromatic N) is 2. The van der Waals surface area contributed by atoms with Crippen LogP contribution in [-0.2, 0) is 6.42 Å². The highest BCUT2D eigenvalue weighted by atomic mass is 16.1. The minimum atomic E-state index is 0.284. The van der Waals surface area contributed by atoms with Crippen molar-refractivity contribution >= 4 is 6.29 Å². The number of rotatable bonds is 2. The molecule has 0 bridgehead atoms. The van der Waals surface area contributed by atoms with Crippen LogP contribution in [0.5, 0.6) is 0 Å². The molecule has 1 aliphatic carbocycles. The van der Waals surface area contributed by atoms with Gasteiger partial charge in [0.2, 0.25) is 0 Å². The zero-order chi connectivity index (χ0) is 11.7. The Hall–Kier alpha value is -2.03. The van der Waals surface area contributed by atoms with Gasteiger partial charge in [0.25, 0.3) is 0 Å². The van der Waals surface area contributed by atoms with E-state index in [0.29, 0.717) is 5.56 Å². The van der Waals surface area contributed by atoms with Crippen LogP contribution in [0.4, 0.5) is 0 Å². The Morgan fingerprint density at radius 2 is 1.94 bits per heavy atom. The van der Waals surface area contributed by atoms with E-state index in [1.165, 1.54) is 11.1 Å². The average Bonchev–Trinajstić information content (AvgIpc) is 2.83. The summed E-state index contributed by atoms with van der Waals surface area (Å²) in [5.41, 5.74) is 3.24. The number of aldehydes is 1. The first-order valence-corrected chi connectivity index (χ1v) is 5.73. The van der Waals surface area contributed by atoms with E-state index < -0.39 is 0 Å². The smallest absolute Gasteiger partial charge is 0.153 e. The van der Waals surface area contributed by atoms with Gasteiger partial charge in [-0.2, -0.15) is 0 Å². The number of carbonyl (C=O) groups is 1. The normalized spacial score (nSPS) is 17.8. The number of aryl methyl sites for hydroxylation is 1. The summed E-state index contributed by atoms with van der Waals surface area (Å²) < 4.78 is 0. The first-order valence-electron chi connectivity index (χ1n) is 5.73. The second kappa shape index (κ2) is 4.09. The summed E-state index contributed by atoms with van der Waals surface area (Å²) >= 11 is 0. The molecule has 0 amide bonds. The SMILES string of the molecule is O=Cc1cnc(C2CCc3ccccc32)nc1. The van der Waals surface area contributed by atoms with Crippen molar-refractivity contribution in [2.75, 3.05) is 0 Å². The van der Waals surface area contributed by atoms with Crippen LogP contribution in [0.15, 0.2) is 36.7 Å². The summed E-state index contributed by atoms with van der Waals surface area (Å²) in [4.78, 5) is 19.1. The van der Waals surface area contributed by atoms with Crippen molar-refractivity contribution in [3.8, 4) is 0 Å². The molecule has 3 nitrogen and oxygen atoms in total. The second-order valence-electron chi connectivity index (χ2n) is 4.28. The van der Waals surface area contributed by atoms with Gasteiger partial charge >= 0.3 is 0 Å². The first-order chi connectivity index (χ1) is 8.38. The molecule has 1 heterocycles. The van der Waals surface area contributed by atoms with Crippen molar-refractivity contribution in [1.29, 1.82) is 0 Å². The highest BCUT2D eigenvalue weighted by molar-refractivity contribution is 5.73. The van der Waals surface area contributed by atoms with E-state index in [-0.39, 0.29) is 5.92 Å². The largest absolute Gasteiger partial charge is 0.298 e. The molecule has 0 fully saturated rings. The average molecular weight is 224 g/mol. The minimum Gasteiger partial charge on any atom is -0.298 e. The summed E-state index contributed by atoms with van der Waals surface area (Å²) in [7, 11) is 0.